The minimum absolute atomic E-state index is 0.0144. The molecule has 14 heavy (non-hydrogen) atoms. The van der Waals surface area contributed by atoms with Crippen LogP contribution in [0.3, 0.4) is 0 Å². The molecule has 2 aliphatic carbocycles. The molecule has 0 unspecified atom stereocenters. The molecular formula is C11H14N2O. The van der Waals surface area contributed by atoms with Gasteiger partial charge in [0.15, 0.2) is 5.78 Å². The lowest BCUT2D eigenvalue weighted by molar-refractivity contribution is 0.0760. The van der Waals surface area contributed by atoms with Crippen molar-refractivity contribution >= 4 is 5.78 Å². The summed E-state index contributed by atoms with van der Waals surface area (Å²) in [5.41, 5.74) is 1.89. The van der Waals surface area contributed by atoms with Crippen LogP contribution in [0.1, 0.15) is 48.2 Å². The average Bonchev–Trinajstić information content (AvgIpc) is 2.83. The van der Waals surface area contributed by atoms with Crippen LogP contribution in [0, 0.1) is 5.41 Å². The Labute approximate surface area is 82.9 Å². The number of rotatable bonds is 0. The first-order valence-electron chi connectivity index (χ1n) is 5.39. The summed E-state index contributed by atoms with van der Waals surface area (Å²) in [5, 5.41) is 6.82. The van der Waals surface area contributed by atoms with Crippen molar-refractivity contribution in [2.75, 3.05) is 0 Å². The normalized spacial score (nSPS) is 24.1. The zero-order chi connectivity index (χ0) is 9.60. The van der Waals surface area contributed by atoms with Crippen LogP contribution in [-0.2, 0) is 6.42 Å². The van der Waals surface area contributed by atoms with Gasteiger partial charge in [-0.15, -0.1) is 0 Å². The molecule has 0 atom stereocenters. The number of Topliss-reactive ketones (excluding diaryl/α,β-unsaturated/α-hetero) is 1. The monoisotopic (exact) mass is 190 g/mol. The molecule has 0 aliphatic heterocycles. The summed E-state index contributed by atoms with van der Waals surface area (Å²) in [5.74, 6) is 0.328. The van der Waals surface area contributed by atoms with Crippen molar-refractivity contribution in [1.29, 1.82) is 0 Å². The smallest absolute Gasteiger partial charge is 0.187 e. The van der Waals surface area contributed by atoms with E-state index in [9.17, 15) is 4.79 Å². The van der Waals surface area contributed by atoms with E-state index in [4.69, 9.17) is 0 Å². The standard InChI is InChI=1S/C11H14N2O/c14-10-9-8(7-12-13-9)3-6-11(10)4-1-2-5-11/h7H,1-6H2,(H,12,13). The van der Waals surface area contributed by atoms with E-state index in [1.54, 1.807) is 6.20 Å². The van der Waals surface area contributed by atoms with E-state index in [0.717, 1.165) is 36.9 Å². The average molecular weight is 190 g/mol. The van der Waals surface area contributed by atoms with Crippen molar-refractivity contribution in [1.82, 2.24) is 10.2 Å². The van der Waals surface area contributed by atoms with Gasteiger partial charge >= 0.3 is 0 Å². The van der Waals surface area contributed by atoms with E-state index in [0.29, 0.717) is 5.78 Å². The van der Waals surface area contributed by atoms with Crippen molar-refractivity contribution in [2.45, 2.75) is 38.5 Å². The molecule has 74 valence electrons. The number of aromatic nitrogens is 2. The van der Waals surface area contributed by atoms with Crippen LogP contribution in [0.2, 0.25) is 0 Å². The van der Waals surface area contributed by atoms with Gasteiger partial charge in [-0.25, -0.2) is 0 Å². The Balaban J connectivity index is 2.04. The zero-order valence-corrected chi connectivity index (χ0v) is 8.18. The molecule has 1 aromatic rings. The van der Waals surface area contributed by atoms with E-state index >= 15 is 0 Å². The number of carbonyl (C=O) groups is 1. The fourth-order valence-corrected chi connectivity index (χ4v) is 2.98. The molecule has 1 saturated carbocycles. The van der Waals surface area contributed by atoms with E-state index in [-0.39, 0.29) is 5.41 Å². The Bertz CT molecular complexity index is 374. The number of aryl methyl sites for hydroxylation is 1. The number of hydrogen-bond donors (Lipinski definition) is 1. The molecule has 0 aromatic carbocycles. The fraction of sp³-hybridized carbons (Fsp3) is 0.636. The third kappa shape index (κ3) is 0.925. The summed E-state index contributed by atoms with van der Waals surface area (Å²) in [6.07, 6.45) is 8.48. The van der Waals surface area contributed by atoms with Gasteiger partial charge < -0.3 is 0 Å². The predicted molar refractivity (Wildman–Crippen MR) is 52.1 cm³/mol. The number of ketones is 1. The Hall–Kier alpha value is -1.12. The van der Waals surface area contributed by atoms with Gasteiger partial charge in [0.25, 0.3) is 0 Å². The van der Waals surface area contributed by atoms with Crippen LogP contribution in [0.25, 0.3) is 0 Å². The maximum atomic E-state index is 12.2. The van der Waals surface area contributed by atoms with Crippen molar-refractivity contribution in [3.05, 3.63) is 17.5 Å². The van der Waals surface area contributed by atoms with Gasteiger partial charge in [-0.1, -0.05) is 12.8 Å². The topological polar surface area (TPSA) is 45.8 Å². The van der Waals surface area contributed by atoms with Gasteiger partial charge in [-0.2, -0.15) is 5.10 Å². The maximum Gasteiger partial charge on any atom is 0.187 e. The first-order valence-corrected chi connectivity index (χ1v) is 5.39. The number of nitrogens with one attached hydrogen (secondary N) is 1. The van der Waals surface area contributed by atoms with Crippen LogP contribution >= 0.6 is 0 Å². The second-order valence-corrected chi connectivity index (χ2v) is 4.59. The van der Waals surface area contributed by atoms with Gasteiger partial charge in [0.2, 0.25) is 0 Å². The van der Waals surface area contributed by atoms with Crippen molar-refractivity contribution in [3.8, 4) is 0 Å². The quantitative estimate of drug-likeness (QED) is 0.681. The molecule has 1 heterocycles. The van der Waals surface area contributed by atoms with Crippen LogP contribution in [-0.4, -0.2) is 16.0 Å². The Morgan fingerprint density at radius 2 is 2.07 bits per heavy atom. The summed E-state index contributed by atoms with van der Waals surface area (Å²) >= 11 is 0. The maximum absolute atomic E-state index is 12.2. The van der Waals surface area contributed by atoms with E-state index in [2.05, 4.69) is 10.2 Å². The van der Waals surface area contributed by atoms with Crippen molar-refractivity contribution in [3.63, 3.8) is 0 Å². The van der Waals surface area contributed by atoms with Gasteiger partial charge in [-0.3, -0.25) is 9.89 Å². The zero-order valence-electron chi connectivity index (χ0n) is 8.18. The highest BCUT2D eigenvalue weighted by Crippen LogP contribution is 2.47. The van der Waals surface area contributed by atoms with E-state index in [1.165, 1.54) is 12.8 Å². The first kappa shape index (κ1) is 8.21. The minimum atomic E-state index is -0.0144. The van der Waals surface area contributed by atoms with Gasteiger partial charge in [0.1, 0.15) is 5.69 Å². The molecule has 2 aliphatic rings. The lowest BCUT2D eigenvalue weighted by atomic mass is 9.71. The number of carbonyl (C=O) groups excluding carboxylic acids is 1. The summed E-state index contributed by atoms with van der Waals surface area (Å²) in [6.45, 7) is 0. The molecule has 3 heteroatoms. The minimum Gasteiger partial charge on any atom is -0.292 e. The third-order valence-electron chi connectivity index (χ3n) is 3.86. The van der Waals surface area contributed by atoms with E-state index in [1.807, 2.05) is 0 Å². The predicted octanol–water partition coefficient (Wildman–Crippen LogP) is 2.10. The summed E-state index contributed by atoms with van der Waals surface area (Å²) in [7, 11) is 0. The molecule has 1 spiro atoms. The molecule has 3 rings (SSSR count). The molecule has 0 radical (unpaired) electrons. The summed E-state index contributed by atoms with van der Waals surface area (Å²) < 4.78 is 0. The highest BCUT2D eigenvalue weighted by atomic mass is 16.1. The second kappa shape index (κ2) is 2.69. The van der Waals surface area contributed by atoms with Gasteiger partial charge in [0, 0.05) is 11.0 Å². The number of H-pyrrole nitrogens is 1. The van der Waals surface area contributed by atoms with Crippen molar-refractivity contribution in [2.24, 2.45) is 5.41 Å². The number of nitrogens with zero attached hydrogens (tertiary/aromatic N) is 1. The molecule has 0 amide bonds. The molecule has 1 N–H and O–H groups in total. The van der Waals surface area contributed by atoms with Gasteiger partial charge in [-0.05, 0) is 25.7 Å². The van der Waals surface area contributed by atoms with Crippen molar-refractivity contribution < 1.29 is 4.79 Å². The molecular weight excluding hydrogens is 176 g/mol. The van der Waals surface area contributed by atoms with Crippen LogP contribution in [0.15, 0.2) is 6.20 Å². The number of hydrogen-bond acceptors (Lipinski definition) is 2. The van der Waals surface area contributed by atoms with Crippen LogP contribution in [0.5, 0.6) is 0 Å². The highest BCUT2D eigenvalue weighted by Gasteiger charge is 2.44. The second-order valence-electron chi connectivity index (χ2n) is 4.59. The Morgan fingerprint density at radius 3 is 2.86 bits per heavy atom. The molecule has 3 nitrogen and oxygen atoms in total. The van der Waals surface area contributed by atoms with Gasteiger partial charge in [0.05, 0.1) is 6.20 Å². The molecule has 1 aromatic heterocycles. The molecule has 0 saturated heterocycles. The Kier molecular flexibility index (Phi) is 1.58. The summed E-state index contributed by atoms with van der Waals surface area (Å²) in [4.78, 5) is 12.2. The molecule has 1 fully saturated rings. The first-order chi connectivity index (χ1) is 6.82. The fourth-order valence-electron chi connectivity index (χ4n) is 2.98. The Morgan fingerprint density at radius 1 is 1.29 bits per heavy atom. The third-order valence-corrected chi connectivity index (χ3v) is 3.86. The number of fused-ring (bicyclic) bond motifs is 1. The lowest BCUT2D eigenvalue weighted by Crippen LogP contribution is -2.33. The largest absolute Gasteiger partial charge is 0.292 e. The number of aromatic amines is 1. The lowest BCUT2D eigenvalue weighted by Gasteiger charge is -2.30. The van der Waals surface area contributed by atoms with E-state index < -0.39 is 0 Å². The van der Waals surface area contributed by atoms with Crippen LogP contribution in [0.4, 0.5) is 0 Å². The summed E-state index contributed by atoms with van der Waals surface area (Å²) in [6, 6.07) is 0. The molecule has 0 bridgehead atoms. The van der Waals surface area contributed by atoms with Crippen LogP contribution < -0.4 is 0 Å². The SMILES string of the molecule is O=C1c2[nH]ncc2CCC12CCCC2. The highest BCUT2D eigenvalue weighted by molar-refractivity contribution is 6.01.